The van der Waals surface area contributed by atoms with Gasteiger partial charge in [0.25, 0.3) is 5.91 Å². The molecule has 0 saturated carbocycles. The summed E-state index contributed by atoms with van der Waals surface area (Å²) in [7, 11) is 2.91. The van der Waals surface area contributed by atoms with Gasteiger partial charge in [0.15, 0.2) is 5.82 Å². The number of amides is 1. The normalized spacial score (nSPS) is 10.1. The number of hydrogen-bond donors (Lipinski definition) is 1. The maximum atomic E-state index is 13.5. The van der Waals surface area contributed by atoms with Gasteiger partial charge in [-0.15, -0.1) is 0 Å². The number of benzene rings is 1. The van der Waals surface area contributed by atoms with Crippen LogP contribution in [0.15, 0.2) is 30.5 Å². The highest BCUT2D eigenvalue weighted by Crippen LogP contribution is 2.26. The first-order valence-electron chi connectivity index (χ1n) is 5.89. The van der Waals surface area contributed by atoms with Crippen molar-refractivity contribution in [1.82, 2.24) is 4.98 Å². The van der Waals surface area contributed by atoms with Crippen LogP contribution in [0.1, 0.15) is 10.4 Å². The Hall–Kier alpha value is -2.70. The second-order valence-corrected chi connectivity index (χ2v) is 4.02. The van der Waals surface area contributed by atoms with E-state index in [1.54, 1.807) is 6.07 Å². The molecule has 7 heteroatoms. The van der Waals surface area contributed by atoms with Crippen molar-refractivity contribution >= 4 is 11.6 Å². The van der Waals surface area contributed by atoms with Gasteiger partial charge >= 0.3 is 0 Å². The van der Waals surface area contributed by atoms with E-state index < -0.39 is 23.2 Å². The maximum absolute atomic E-state index is 13.5. The van der Waals surface area contributed by atoms with Crippen molar-refractivity contribution in [3.05, 3.63) is 47.8 Å². The summed E-state index contributed by atoms with van der Waals surface area (Å²) in [6.07, 6.45) is 1.01. The van der Waals surface area contributed by atoms with Gasteiger partial charge < -0.3 is 14.8 Å². The number of halogens is 2. The van der Waals surface area contributed by atoms with Crippen LogP contribution < -0.4 is 14.8 Å². The molecule has 0 fully saturated rings. The molecule has 0 atom stereocenters. The molecule has 1 aromatic heterocycles. The molecule has 110 valence electrons. The zero-order valence-electron chi connectivity index (χ0n) is 11.3. The fourth-order valence-electron chi connectivity index (χ4n) is 1.67. The van der Waals surface area contributed by atoms with Crippen molar-refractivity contribution in [3.8, 4) is 11.5 Å². The minimum absolute atomic E-state index is 0.327. The van der Waals surface area contributed by atoms with E-state index in [1.165, 1.54) is 26.4 Å². The molecular formula is C14H12F2N2O3. The predicted molar refractivity (Wildman–Crippen MR) is 71.7 cm³/mol. The number of hydrogen-bond acceptors (Lipinski definition) is 4. The van der Waals surface area contributed by atoms with Crippen LogP contribution in [0.25, 0.3) is 0 Å². The van der Waals surface area contributed by atoms with E-state index >= 15 is 0 Å². The number of nitrogens with zero attached hydrogens (tertiary/aromatic N) is 1. The maximum Gasteiger partial charge on any atom is 0.258 e. The monoisotopic (exact) mass is 294 g/mol. The summed E-state index contributed by atoms with van der Waals surface area (Å²) < 4.78 is 36.6. The summed E-state index contributed by atoms with van der Waals surface area (Å²) in [5, 5.41) is 2.44. The van der Waals surface area contributed by atoms with Crippen molar-refractivity contribution in [2.75, 3.05) is 19.5 Å². The minimum atomic E-state index is -1.33. The molecule has 0 saturated heterocycles. The molecule has 21 heavy (non-hydrogen) atoms. The zero-order chi connectivity index (χ0) is 15.4. The number of carbonyl (C=O) groups excluding carboxylic acids is 1. The molecule has 0 aliphatic rings. The van der Waals surface area contributed by atoms with Crippen LogP contribution in [0.4, 0.5) is 14.5 Å². The van der Waals surface area contributed by atoms with Gasteiger partial charge in [0.1, 0.15) is 11.5 Å². The lowest BCUT2D eigenvalue weighted by Gasteiger charge is -2.10. The summed E-state index contributed by atoms with van der Waals surface area (Å²) in [5.74, 6) is -2.53. The third kappa shape index (κ3) is 3.25. The molecule has 0 spiro atoms. The fraction of sp³-hybridized carbons (Fsp3) is 0.143. The molecule has 2 rings (SSSR count). The first-order valence-corrected chi connectivity index (χ1v) is 5.89. The van der Waals surface area contributed by atoms with Crippen molar-refractivity contribution in [3.63, 3.8) is 0 Å². The van der Waals surface area contributed by atoms with Crippen LogP contribution in [0.3, 0.4) is 0 Å². The second kappa shape index (κ2) is 6.17. The number of carbonyl (C=O) groups is 1. The molecule has 1 amide bonds. The number of nitrogens with one attached hydrogen (secondary N) is 1. The van der Waals surface area contributed by atoms with Gasteiger partial charge in [-0.2, -0.15) is 4.39 Å². The number of methoxy groups -OCH3 is 2. The van der Waals surface area contributed by atoms with E-state index in [9.17, 15) is 13.6 Å². The van der Waals surface area contributed by atoms with Gasteiger partial charge in [0.05, 0.1) is 19.8 Å². The molecule has 0 bridgehead atoms. The quantitative estimate of drug-likeness (QED) is 0.881. The molecule has 2 aromatic rings. The minimum Gasteiger partial charge on any atom is -0.497 e. The van der Waals surface area contributed by atoms with E-state index in [0.29, 0.717) is 17.2 Å². The fourth-order valence-corrected chi connectivity index (χ4v) is 1.67. The highest BCUT2D eigenvalue weighted by atomic mass is 19.2. The Balaban J connectivity index is 2.29. The van der Waals surface area contributed by atoms with Crippen LogP contribution in [-0.2, 0) is 0 Å². The highest BCUT2D eigenvalue weighted by molar-refractivity contribution is 6.04. The Morgan fingerprint density at radius 1 is 1.14 bits per heavy atom. The Morgan fingerprint density at radius 3 is 2.33 bits per heavy atom. The van der Waals surface area contributed by atoms with Gasteiger partial charge in [0.2, 0.25) is 5.95 Å². The summed E-state index contributed by atoms with van der Waals surface area (Å²) in [6, 6.07) is 5.75. The van der Waals surface area contributed by atoms with Crippen LogP contribution >= 0.6 is 0 Å². The van der Waals surface area contributed by atoms with Gasteiger partial charge in [0, 0.05) is 30.1 Å². The Morgan fingerprint density at radius 2 is 1.76 bits per heavy atom. The molecule has 5 nitrogen and oxygen atoms in total. The predicted octanol–water partition coefficient (Wildman–Crippen LogP) is 2.63. The molecule has 1 N–H and O–H groups in total. The Labute approximate surface area is 119 Å². The highest BCUT2D eigenvalue weighted by Gasteiger charge is 2.16. The summed E-state index contributed by atoms with van der Waals surface area (Å²) in [6.45, 7) is 0. The largest absolute Gasteiger partial charge is 0.497 e. The van der Waals surface area contributed by atoms with Crippen molar-refractivity contribution in [2.45, 2.75) is 0 Å². The molecule has 1 heterocycles. The van der Waals surface area contributed by atoms with E-state index in [2.05, 4.69) is 10.3 Å². The number of aromatic nitrogens is 1. The third-order valence-electron chi connectivity index (χ3n) is 2.70. The summed E-state index contributed by atoms with van der Waals surface area (Å²) >= 11 is 0. The average molecular weight is 294 g/mol. The second-order valence-electron chi connectivity index (χ2n) is 4.02. The van der Waals surface area contributed by atoms with E-state index in [4.69, 9.17) is 9.47 Å². The average Bonchev–Trinajstić information content (AvgIpc) is 2.49. The van der Waals surface area contributed by atoms with Crippen molar-refractivity contribution < 1.29 is 23.0 Å². The van der Waals surface area contributed by atoms with E-state index in [1.807, 2.05) is 0 Å². The van der Waals surface area contributed by atoms with Crippen molar-refractivity contribution in [2.24, 2.45) is 0 Å². The molecule has 0 aliphatic carbocycles. The van der Waals surface area contributed by atoms with Crippen molar-refractivity contribution in [1.29, 1.82) is 0 Å². The van der Waals surface area contributed by atoms with Crippen LogP contribution in [-0.4, -0.2) is 25.1 Å². The molecule has 0 aliphatic heterocycles. The number of pyridine rings is 1. The van der Waals surface area contributed by atoms with Crippen LogP contribution in [0.5, 0.6) is 11.5 Å². The summed E-state index contributed by atoms with van der Waals surface area (Å²) in [5.41, 5.74) is -0.114. The third-order valence-corrected chi connectivity index (χ3v) is 2.70. The Kier molecular flexibility index (Phi) is 4.32. The number of rotatable bonds is 4. The SMILES string of the molecule is COc1cc(NC(=O)c2ccnc(F)c2F)cc(OC)c1. The van der Waals surface area contributed by atoms with Gasteiger partial charge in [-0.3, -0.25) is 4.79 Å². The smallest absolute Gasteiger partial charge is 0.258 e. The van der Waals surface area contributed by atoms with Gasteiger partial charge in [-0.25, -0.2) is 9.37 Å². The molecular weight excluding hydrogens is 282 g/mol. The standard InChI is InChI=1S/C14H12F2N2O3/c1-20-9-5-8(6-10(7-9)21-2)18-14(19)11-3-4-17-13(16)12(11)15/h3-7H,1-2H3,(H,18,19). The van der Waals surface area contributed by atoms with Gasteiger partial charge in [-0.05, 0) is 6.07 Å². The molecule has 1 aromatic carbocycles. The lowest BCUT2D eigenvalue weighted by Crippen LogP contribution is -2.15. The lowest BCUT2D eigenvalue weighted by molar-refractivity contribution is 0.102. The zero-order valence-corrected chi connectivity index (χ0v) is 11.3. The lowest BCUT2D eigenvalue weighted by atomic mass is 10.2. The van der Waals surface area contributed by atoms with Crippen LogP contribution in [0, 0.1) is 11.8 Å². The van der Waals surface area contributed by atoms with Gasteiger partial charge in [-0.1, -0.05) is 0 Å². The van der Waals surface area contributed by atoms with E-state index in [-0.39, 0.29) is 0 Å². The first-order chi connectivity index (χ1) is 10.0. The van der Waals surface area contributed by atoms with Crippen LogP contribution in [0.2, 0.25) is 0 Å². The summed E-state index contributed by atoms with van der Waals surface area (Å²) in [4.78, 5) is 15.1. The molecule has 0 radical (unpaired) electrons. The number of ether oxygens (including phenoxy) is 2. The van der Waals surface area contributed by atoms with E-state index in [0.717, 1.165) is 12.3 Å². The topological polar surface area (TPSA) is 60.5 Å². The number of anilines is 1. The Bertz CT molecular complexity index is 655. The first kappa shape index (κ1) is 14.7. The molecule has 0 unspecified atom stereocenters.